The molecule has 142 valence electrons. The fraction of sp³-hybridized carbons (Fsp3) is 0.556. The molecule has 6 nitrogen and oxygen atoms in total. The minimum absolute atomic E-state index is 0.0204. The predicted molar refractivity (Wildman–Crippen MR) is 101 cm³/mol. The van der Waals surface area contributed by atoms with E-state index in [4.69, 9.17) is 20.2 Å². The molecule has 26 heavy (non-hydrogen) atoms. The topological polar surface area (TPSA) is 85.9 Å². The third kappa shape index (κ3) is 3.66. The fourth-order valence-corrected chi connectivity index (χ4v) is 4.58. The molecule has 0 spiro atoms. The number of ether oxygens (including phenoxy) is 2. The number of benzene rings is 1. The lowest BCUT2D eigenvalue weighted by atomic mass is 9.79. The Morgan fingerprint density at radius 1 is 1.50 bits per heavy atom. The highest BCUT2D eigenvalue weighted by atomic mass is 32.2. The zero-order valence-corrected chi connectivity index (χ0v) is 16.2. The highest BCUT2D eigenvalue weighted by molar-refractivity contribution is 8.13. The van der Waals surface area contributed by atoms with Crippen LogP contribution in [0.15, 0.2) is 23.2 Å². The molecule has 3 rings (SSSR count). The van der Waals surface area contributed by atoms with Gasteiger partial charge in [-0.15, -0.1) is 0 Å². The summed E-state index contributed by atoms with van der Waals surface area (Å²) in [6.45, 7) is 7.55. The third-order valence-electron chi connectivity index (χ3n) is 4.51. The van der Waals surface area contributed by atoms with Crippen LogP contribution in [-0.2, 0) is 15.0 Å². The van der Waals surface area contributed by atoms with Gasteiger partial charge in [0.2, 0.25) is 0 Å². The van der Waals surface area contributed by atoms with E-state index in [0.717, 1.165) is 0 Å². The number of hydrogen-bond acceptors (Lipinski definition) is 6. The summed E-state index contributed by atoms with van der Waals surface area (Å²) in [5, 5.41) is 3.07. The van der Waals surface area contributed by atoms with Crippen molar-refractivity contribution in [1.29, 1.82) is 0 Å². The summed E-state index contributed by atoms with van der Waals surface area (Å²) in [6.07, 6.45) is -0.660. The van der Waals surface area contributed by atoms with E-state index >= 15 is 0 Å². The second kappa shape index (κ2) is 6.74. The van der Waals surface area contributed by atoms with E-state index in [0.29, 0.717) is 22.2 Å². The Labute approximate surface area is 156 Å². The van der Waals surface area contributed by atoms with Crippen molar-refractivity contribution >= 4 is 28.7 Å². The lowest BCUT2D eigenvalue weighted by molar-refractivity contribution is 0.0564. The van der Waals surface area contributed by atoms with Crippen molar-refractivity contribution in [2.75, 3.05) is 18.1 Å². The highest BCUT2D eigenvalue weighted by Crippen LogP contribution is 2.48. The molecule has 0 aliphatic carbocycles. The maximum Gasteiger partial charge on any atom is 0.413 e. The zero-order chi connectivity index (χ0) is 19.1. The smallest absolute Gasteiger partial charge is 0.413 e. The van der Waals surface area contributed by atoms with Gasteiger partial charge < -0.3 is 15.2 Å². The Balaban J connectivity index is 1.96. The molecule has 0 bridgehead atoms. The lowest BCUT2D eigenvalue weighted by Gasteiger charge is -2.36. The summed E-state index contributed by atoms with van der Waals surface area (Å²) in [6, 6.07) is 4.47. The Morgan fingerprint density at radius 3 is 2.92 bits per heavy atom. The van der Waals surface area contributed by atoms with E-state index in [-0.39, 0.29) is 24.4 Å². The van der Waals surface area contributed by atoms with Crippen molar-refractivity contribution < 1.29 is 18.7 Å². The van der Waals surface area contributed by atoms with Gasteiger partial charge in [-0.1, -0.05) is 11.8 Å². The number of nitrogens with two attached hydrogens (primary N) is 1. The maximum atomic E-state index is 14.6. The quantitative estimate of drug-likeness (QED) is 0.729. The number of amides is 1. The van der Waals surface area contributed by atoms with Gasteiger partial charge in [0.15, 0.2) is 5.17 Å². The summed E-state index contributed by atoms with van der Waals surface area (Å²) in [5.41, 5.74) is 5.22. The average Bonchev–Trinajstić information content (AvgIpc) is 2.85. The number of carbonyl (C=O) groups is 1. The van der Waals surface area contributed by atoms with Crippen molar-refractivity contribution in [2.45, 2.75) is 44.9 Å². The fourth-order valence-electron chi connectivity index (χ4n) is 3.31. The van der Waals surface area contributed by atoms with Gasteiger partial charge in [0.1, 0.15) is 17.0 Å². The number of nitrogens with one attached hydrogen (secondary N) is 1. The molecule has 1 aromatic carbocycles. The van der Waals surface area contributed by atoms with Crippen LogP contribution in [0.25, 0.3) is 0 Å². The van der Waals surface area contributed by atoms with Gasteiger partial charge in [-0.25, -0.2) is 14.2 Å². The van der Waals surface area contributed by atoms with Crippen molar-refractivity contribution in [3.63, 3.8) is 0 Å². The van der Waals surface area contributed by atoms with Gasteiger partial charge in [0.25, 0.3) is 0 Å². The number of carbonyl (C=O) groups excluding carboxylic acids is 1. The van der Waals surface area contributed by atoms with E-state index in [1.54, 1.807) is 26.8 Å². The van der Waals surface area contributed by atoms with Crippen LogP contribution in [0.1, 0.15) is 33.3 Å². The van der Waals surface area contributed by atoms with Gasteiger partial charge in [-0.05, 0) is 45.9 Å². The molecule has 1 aromatic rings. The van der Waals surface area contributed by atoms with E-state index < -0.39 is 17.2 Å². The number of nitrogen functional groups attached to an aromatic ring is 1. The number of anilines is 1. The molecular weight excluding hydrogens is 357 g/mol. The first-order valence-corrected chi connectivity index (χ1v) is 9.49. The van der Waals surface area contributed by atoms with Gasteiger partial charge in [0.05, 0.1) is 12.7 Å². The molecule has 8 heteroatoms. The molecule has 3 atom stereocenters. The number of thioether (sulfide) groups is 1. The molecule has 0 saturated carbocycles. The van der Waals surface area contributed by atoms with Crippen LogP contribution in [0.2, 0.25) is 0 Å². The SMILES string of the molecule is C[C@@H]1OC[C@@]2(c3cc(N)ccc3F)N=C(NC(=O)OC(C)(C)C)SC[C@H]12. The van der Waals surface area contributed by atoms with Crippen LogP contribution in [0.5, 0.6) is 0 Å². The average molecular weight is 381 g/mol. The molecule has 2 aliphatic rings. The number of aliphatic imine (C=N–C) groups is 1. The van der Waals surface area contributed by atoms with Gasteiger partial charge in [-0.2, -0.15) is 0 Å². The second-order valence-corrected chi connectivity index (χ2v) is 8.65. The molecule has 0 aromatic heterocycles. The van der Waals surface area contributed by atoms with E-state index in [2.05, 4.69) is 5.32 Å². The zero-order valence-electron chi connectivity index (χ0n) is 15.3. The summed E-state index contributed by atoms with van der Waals surface area (Å²) in [5.74, 6) is 0.242. The Hall–Kier alpha value is -1.80. The number of amidine groups is 1. The van der Waals surface area contributed by atoms with Crippen LogP contribution in [0, 0.1) is 11.7 Å². The first-order chi connectivity index (χ1) is 12.1. The molecular formula is C18H24FN3O3S. The summed E-state index contributed by atoms with van der Waals surface area (Å²) < 4.78 is 25.7. The molecule has 1 amide bonds. The summed E-state index contributed by atoms with van der Waals surface area (Å²) >= 11 is 1.41. The molecule has 0 unspecified atom stereocenters. The van der Waals surface area contributed by atoms with Crippen LogP contribution < -0.4 is 11.1 Å². The Morgan fingerprint density at radius 2 is 2.23 bits per heavy atom. The number of rotatable bonds is 1. The Bertz CT molecular complexity index is 750. The molecule has 1 fully saturated rings. The van der Waals surface area contributed by atoms with Crippen LogP contribution >= 0.6 is 11.8 Å². The van der Waals surface area contributed by atoms with Crippen molar-refractivity contribution in [2.24, 2.45) is 10.9 Å². The van der Waals surface area contributed by atoms with Crippen molar-refractivity contribution in [3.8, 4) is 0 Å². The molecule has 1 saturated heterocycles. The summed E-state index contributed by atoms with van der Waals surface area (Å²) in [4.78, 5) is 16.8. The standard InChI is InChI=1S/C18H24FN3O3S/c1-10-13-8-26-15(21-16(23)25-17(2,3)4)22-18(13,9-24-10)12-7-11(20)5-6-14(12)19/h5-7,10,13H,8-9,20H2,1-4H3,(H,21,22,23)/t10-,13+,18-/m0/s1. The van der Waals surface area contributed by atoms with Crippen LogP contribution in [0.3, 0.4) is 0 Å². The van der Waals surface area contributed by atoms with Gasteiger partial charge >= 0.3 is 6.09 Å². The third-order valence-corrected chi connectivity index (χ3v) is 5.50. The first kappa shape index (κ1) is 19.0. The molecule has 2 heterocycles. The molecule has 2 aliphatic heterocycles. The van der Waals surface area contributed by atoms with E-state index in [1.807, 2.05) is 6.92 Å². The minimum Gasteiger partial charge on any atom is -0.444 e. The number of fused-ring (bicyclic) bond motifs is 1. The molecule has 3 N–H and O–H groups in total. The van der Waals surface area contributed by atoms with Crippen LogP contribution in [0.4, 0.5) is 14.9 Å². The largest absolute Gasteiger partial charge is 0.444 e. The van der Waals surface area contributed by atoms with Crippen molar-refractivity contribution in [3.05, 3.63) is 29.6 Å². The van der Waals surface area contributed by atoms with E-state index in [9.17, 15) is 9.18 Å². The number of nitrogens with zero attached hydrogens (tertiary/aromatic N) is 1. The number of alkyl carbamates (subject to hydrolysis) is 1. The summed E-state index contributed by atoms with van der Waals surface area (Å²) in [7, 11) is 0. The molecule has 0 radical (unpaired) electrons. The Kier molecular flexibility index (Phi) is 4.92. The first-order valence-electron chi connectivity index (χ1n) is 8.50. The number of hydrogen-bond donors (Lipinski definition) is 2. The lowest BCUT2D eigenvalue weighted by Crippen LogP contribution is -2.44. The van der Waals surface area contributed by atoms with Crippen LogP contribution in [-0.4, -0.2) is 35.3 Å². The van der Waals surface area contributed by atoms with E-state index in [1.165, 1.54) is 23.9 Å². The maximum absolute atomic E-state index is 14.6. The normalized spacial score (nSPS) is 28.3. The van der Waals surface area contributed by atoms with Gasteiger partial charge in [0, 0.05) is 22.9 Å². The predicted octanol–water partition coefficient (Wildman–Crippen LogP) is 3.27. The number of halogens is 1. The second-order valence-electron chi connectivity index (χ2n) is 7.64. The minimum atomic E-state index is -0.908. The highest BCUT2D eigenvalue weighted by Gasteiger charge is 2.53. The van der Waals surface area contributed by atoms with Crippen molar-refractivity contribution in [1.82, 2.24) is 5.32 Å². The monoisotopic (exact) mass is 381 g/mol. The van der Waals surface area contributed by atoms with Gasteiger partial charge in [-0.3, -0.25) is 5.32 Å².